The number of nitrogens with zero attached hydrogens (tertiary/aromatic N) is 1. The molecule has 0 aliphatic carbocycles. The van der Waals surface area contributed by atoms with Gasteiger partial charge in [-0.1, -0.05) is 0 Å². The molecule has 2 saturated heterocycles. The predicted octanol–water partition coefficient (Wildman–Crippen LogP) is 2.10. The van der Waals surface area contributed by atoms with Gasteiger partial charge in [0.25, 0.3) is 0 Å². The summed E-state index contributed by atoms with van der Waals surface area (Å²) in [4.78, 5) is 4.05. The Morgan fingerprint density at radius 1 is 1.56 bits per heavy atom. The minimum absolute atomic E-state index is 0.0462. The zero-order chi connectivity index (χ0) is 12.4. The first-order valence-corrected chi connectivity index (χ1v) is 7.52. The van der Waals surface area contributed by atoms with Crippen LogP contribution in [-0.4, -0.2) is 34.8 Å². The summed E-state index contributed by atoms with van der Waals surface area (Å²) in [6.07, 6.45) is 4.92. The lowest BCUT2D eigenvalue weighted by Gasteiger charge is -2.37. The average molecular weight is 266 g/mol. The van der Waals surface area contributed by atoms with Gasteiger partial charge in [-0.25, -0.2) is 4.98 Å². The van der Waals surface area contributed by atoms with Gasteiger partial charge in [0.2, 0.25) is 0 Å². The van der Waals surface area contributed by atoms with Crippen LogP contribution >= 0.6 is 11.8 Å². The van der Waals surface area contributed by atoms with Gasteiger partial charge in [0.1, 0.15) is 6.10 Å². The summed E-state index contributed by atoms with van der Waals surface area (Å²) >= 11 is 1.97. The molecule has 2 N–H and O–H groups in total. The van der Waals surface area contributed by atoms with Crippen molar-refractivity contribution in [3.8, 4) is 5.75 Å². The summed E-state index contributed by atoms with van der Waals surface area (Å²) < 4.78 is 12.0. The fourth-order valence-corrected chi connectivity index (χ4v) is 4.01. The van der Waals surface area contributed by atoms with Gasteiger partial charge in [0.15, 0.2) is 11.6 Å². The monoisotopic (exact) mass is 266 g/mol. The molecule has 2 aliphatic heterocycles. The molecule has 18 heavy (non-hydrogen) atoms. The molecule has 0 aromatic carbocycles. The third kappa shape index (κ3) is 2.42. The van der Waals surface area contributed by atoms with Crippen LogP contribution in [0, 0.1) is 0 Å². The van der Waals surface area contributed by atoms with Crippen molar-refractivity contribution in [3.05, 3.63) is 18.3 Å². The number of rotatable bonds is 2. The van der Waals surface area contributed by atoms with E-state index in [1.807, 2.05) is 23.9 Å². The van der Waals surface area contributed by atoms with E-state index in [9.17, 15) is 0 Å². The van der Waals surface area contributed by atoms with E-state index in [0.29, 0.717) is 11.6 Å². The maximum absolute atomic E-state index is 6.00. The van der Waals surface area contributed by atoms with Crippen molar-refractivity contribution in [1.82, 2.24) is 4.98 Å². The maximum atomic E-state index is 6.00. The molecule has 4 nitrogen and oxygen atoms in total. The van der Waals surface area contributed by atoms with Crippen LogP contribution in [0.25, 0.3) is 0 Å². The molecule has 2 unspecified atom stereocenters. The molecule has 0 saturated carbocycles. The minimum Gasteiger partial charge on any atom is -0.486 e. The van der Waals surface area contributed by atoms with E-state index < -0.39 is 0 Å². The Labute approximate surface area is 111 Å². The van der Waals surface area contributed by atoms with E-state index in [1.54, 1.807) is 6.20 Å². The molecule has 0 bridgehead atoms. The lowest BCUT2D eigenvalue weighted by atomic mass is 9.91. The van der Waals surface area contributed by atoms with Crippen molar-refractivity contribution < 1.29 is 9.47 Å². The Kier molecular flexibility index (Phi) is 3.35. The van der Waals surface area contributed by atoms with Gasteiger partial charge in [-0.2, -0.15) is 11.8 Å². The van der Waals surface area contributed by atoms with Crippen LogP contribution in [0.1, 0.15) is 19.3 Å². The summed E-state index contributed by atoms with van der Waals surface area (Å²) in [5.41, 5.74) is 5.86. The molecule has 1 spiro atoms. The second-order valence-corrected chi connectivity index (χ2v) is 6.06. The largest absolute Gasteiger partial charge is 0.486 e. The number of pyridine rings is 1. The third-order valence-electron chi connectivity index (χ3n) is 3.61. The van der Waals surface area contributed by atoms with E-state index in [0.717, 1.165) is 31.6 Å². The van der Waals surface area contributed by atoms with E-state index in [4.69, 9.17) is 15.2 Å². The average Bonchev–Trinajstić information content (AvgIpc) is 2.80. The normalized spacial score (nSPS) is 31.7. The van der Waals surface area contributed by atoms with Gasteiger partial charge in [-0.05, 0) is 24.3 Å². The van der Waals surface area contributed by atoms with Gasteiger partial charge in [0.05, 0.1) is 12.2 Å². The highest BCUT2D eigenvalue weighted by Crippen LogP contribution is 2.39. The second kappa shape index (κ2) is 4.97. The second-order valence-electron chi connectivity index (χ2n) is 4.95. The SMILES string of the molecule is Nc1ncccc1OC1CCOC2(CCSC2)C1. The molecule has 1 aromatic heterocycles. The molecule has 0 amide bonds. The van der Waals surface area contributed by atoms with Gasteiger partial charge in [0, 0.05) is 24.8 Å². The predicted molar refractivity (Wildman–Crippen MR) is 72.9 cm³/mol. The number of hydrogen-bond donors (Lipinski definition) is 1. The van der Waals surface area contributed by atoms with Crippen LogP contribution in [0.5, 0.6) is 5.75 Å². The molecule has 98 valence electrons. The summed E-state index contributed by atoms with van der Waals surface area (Å²) in [7, 11) is 0. The smallest absolute Gasteiger partial charge is 0.166 e. The van der Waals surface area contributed by atoms with Crippen LogP contribution in [-0.2, 0) is 4.74 Å². The number of anilines is 1. The van der Waals surface area contributed by atoms with Crippen molar-refractivity contribution in [3.63, 3.8) is 0 Å². The van der Waals surface area contributed by atoms with E-state index in [2.05, 4.69) is 4.98 Å². The van der Waals surface area contributed by atoms with Crippen LogP contribution in [0.15, 0.2) is 18.3 Å². The summed E-state index contributed by atoms with van der Waals surface area (Å²) in [6.45, 7) is 0.783. The van der Waals surface area contributed by atoms with Crippen LogP contribution in [0.4, 0.5) is 5.82 Å². The molecule has 3 rings (SSSR count). The Morgan fingerprint density at radius 2 is 2.50 bits per heavy atom. The highest BCUT2D eigenvalue weighted by molar-refractivity contribution is 7.99. The lowest BCUT2D eigenvalue weighted by Crippen LogP contribution is -2.43. The molecule has 2 aliphatic rings. The number of nitrogen functional groups attached to an aromatic ring is 1. The Bertz CT molecular complexity index is 421. The first-order chi connectivity index (χ1) is 8.77. The number of hydrogen-bond acceptors (Lipinski definition) is 5. The van der Waals surface area contributed by atoms with Gasteiger partial charge < -0.3 is 15.2 Å². The zero-order valence-electron chi connectivity index (χ0n) is 10.3. The Morgan fingerprint density at radius 3 is 3.28 bits per heavy atom. The van der Waals surface area contributed by atoms with Crippen molar-refractivity contribution in [2.24, 2.45) is 0 Å². The summed E-state index contributed by atoms with van der Waals surface area (Å²) in [5, 5.41) is 0. The fourth-order valence-electron chi connectivity index (χ4n) is 2.63. The Hall–Kier alpha value is -0.940. The summed E-state index contributed by atoms with van der Waals surface area (Å²) in [6, 6.07) is 3.74. The van der Waals surface area contributed by atoms with Gasteiger partial charge >= 0.3 is 0 Å². The standard InChI is InChI=1S/C13H18N2O2S/c14-12-11(2-1-5-15-12)17-10-3-6-16-13(8-10)4-7-18-9-13/h1-2,5,10H,3-4,6-9H2,(H2,14,15). The van der Waals surface area contributed by atoms with Crippen molar-refractivity contribution in [1.29, 1.82) is 0 Å². The molecular weight excluding hydrogens is 248 g/mol. The quantitative estimate of drug-likeness (QED) is 0.888. The molecular formula is C13H18N2O2S. The highest BCUT2D eigenvalue weighted by Gasteiger charge is 2.41. The molecule has 3 heterocycles. The zero-order valence-corrected chi connectivity index (χ0v) is 11.1. The lowest BCUT2D eigenvalue weighted by molar-refractivity contribution is -0.0958. The number of nitrogens with two attached hydrogens (primary N) is 1. The maximum Gasteiger partial charge on any atom is 0.166 e. The first kappa shape index (κ1) is 12.1. The van der Waals surface area contributed by atoms with Gasteiger partial charge in [-0.15, -0.1) is 0 Å². The third-order valence-corrected chi connectivity index (χ3v) is 4.83. The molecule has 2 fully saturated rings. The summed E-state index contributed by atoms with van der Waals surface area (Å²) in [5.74, 6) is 3.46. The highest BCUT2D eigenvalue weighted by atomic mass is 32.2. The number of thioether (sulfide) groups is 1. The van der Waals surface area contributed by atoms with Gasteiger partial charge in [-0.3, -0.25) is 0 Å². The number of aromatic nitrogens is 1. The van der Waals surface area contributed by atoms with Crippen molar-refractivity contribution in [2.45, 2.75) is 31.0 Å². The topological polar surface area (TPSA) is 57.4 Å². The van der Waals surface area contributed by atoms with E-state index in [-0.39, 0.29) is 11.7 Å². The fraction of sp³-hybridized carbons (Fsp3) is 0.615. The van der Waals surface area contributed by atoms with E-state index >= 15 is 0 Å². The number of ether oxygens (including phenoxy) is 2. The van der Waals surface area contributed by atoms with Crippen molar-refractivity contribution >= 4 is 17.6 Å². The van der Waals surface area contributed by atoms with Crippen LogP contribution in [0.2, 0.25) is 0 Å². The Balaban J connectivity index is 1.68. The van der Waals surface area contributed by atoms with Crippen LogP contribution < -0.4 is 10.5 Å². The molecule has 0 radical (unpaired) electrons. The van der Waals surface area contributed by atoms with E-state index in [1.165, 1.54) is 5.75 Å². The van der Waals surface area contributed by atoms with Crippen LogP contribution in [0.3, 0.4) is 0 Å². The molecule has 2 atom stereocenters. The first-order valence-electron chi connectivity index (χ1n) is 6.36. The molecule has 1 aromatic rings. The van der Waals surface area contributed by atoms with Crippen molar-refractivity contribution in [2.75, 3.05) is 23.8 Å². The minimum atomic E-state index is 0.0462. The molecule has 5 heteroatoms.